The largest absolute Gasteiger partial charge is 0.473 e. The highest BCUT2D eigenvalue weighted by molar-refractivity contribution is 5.95. The van der Waals surface area contributed by atoms with Gasteiger partial charge in [0.05, 0.1) is 11.1 Å². The fourth-order valence-electron chi connectivity index (χ4n) is 5.14. The van der Waals surface area contributed by atoms with Crippen LogP contribution in [0.15, 0.2) is 91.0 Å². The number of hydrogen-bond donors (Lipinski definition) is 0. The average molecular weight is 577 g/mol. The molecule has 0 unspecified atom stereocenters. The Labute approximate surface area is 251 Å². The van der Waals surface area contributed by atoms with Gasteiger partial charge in [-0.05, 0) is 49.6 Å². The van der Waals surface area contributed by atoms with E-state index in [0.29, 0.717) is 38.1 Å². The molecule has 1 saturated heterocycles. The van der Waals surface area contributed by atoms with Gasteiger partial charge in [0, 0.05) is 37.5 Å². The molecular formula is C35H36N4O4. The molecule has 1 aliphatic heterocycles. The number of aryl methyl sites for hydroxylation is 1. The van der Waals surface area contributed by atoms with Crippen molar-refractivity contribution in [3.05, 3.63) is 108 Å². The summed E-state index contributed by atoms with van der Waals surface area (Å²) in [6.07, 6.45) is -0.264. The number of fused-ring (bicyclic) bond motifs is 1. The summed E-state index contributed by atoms with van der Waals surface area (Å²) in [5, 5.41) is 5.90. The highest BCUT2D eigenvalue weighted by Gasteiger charge is 2.35. The molecule has 0 aliphatic carbocycles. The van der Waals surface area contributed by atoms with Gasteiger partial charge in [0.2, 0.25) is 11.8 Å². The zero-order chi connectivity index (χ0) is 30.0. The number of amides is 1. The molecule has 8 nitrogen and oxygen atoms in total. The van der Waals surface area contributed by atoms with Gasteiger partial charge < -0.3 is 19.1 Å². The van der Waals surface area contributed by atoms with Gasteiger partial charge in [-0.25, -0.2) is 4.79 Å². The molecule has 8 heteroatoms. The van der Waals surface area contributed by atoms with Crippen molar-refractivity contribution in [1.29, 1.82) is 0 Å². The van der Waals surface area contributed by atoms with Crippen LogP contribution in [0.1, 0.15) is 43.4 Å². The van der Waals surface area contributed by atoms with Crippen LogP contribution in [-0.2, 0) is 25.0 Å². The van der Waals surface area contributed by atoms with Gasteiger partial charge >= 0.3 is 6.09 Å². The molecule has 3 heterocycles. The molecule has 2 aromatic heterocycles. The van der Waals surface area contributed by atoms with Crippen molar-refractivity contribution in [2.75, 3.05) is 13.1 Å². The number of ether oxygens (including phenoxy) is 3. The van der Waals surface area contributed by atoms with Crippen LogP contribution < -0.4 is 9.47 Å². The van der Waals surface area contributed by atoms with Crippen molar-refractivity contribution in [3.8, 4) is 23.0 Å². The van der Waals surface area contributed by atoms with E-state index in [1.165, 1.54) is 5.56 Å². The predicted octanol–water partition coefficient (Wildman–Crippen LogP) is 7.13. The molecule has 1 aliphatic rings. The highest BCUT2D eigenvalue weighted by Crippen LogP contribution is 2.37. The molecule has 0 atom stereocenters. The Bertz CT molecular complexity index is 1720. The molecule has 220 valence electrons. The molecule has 0 spiro atoms. The van der Waals surface area contributed by atoms with Crippen molar-refractivity contribution in [2.24, 2.45) is 7.05 Å². The normalized spacial score (nSPS) is 13.5. The first-order valence-corrected chi connectivity index (χ1v) is 14.5. The molecule has 43 heavy (non-hydrogen) atoms. The molecule has 6 rings (SSSR count). The SMILES string of the molecule is Cn1nc(-c2ccc(OCc3ccccc3)nc2OCc2ccccc2)c2ccc(C3CN(C(=O)OC(C)(C)C)C3)cc21. The lowest BCUT2D eigenvalue weighted by Gasteiger charge is -2.40. The molecule has 1 fully saturated rings. The highest BCUT2D eigenvalue weighted by atomic mass is 16.6. The molecular weight excluding hydrogens is 540 g/mol. The summed E-state index contributed by atoms with van der Waals surface area (Å²) in [5.74, 6) is 1.20. The summed E-state index contributed by atoms with van der Waals surface area (Å²) in [7, 11) is 1.94. The monoisotopic (exact) mass is 576 g/mol. The molecule has 1 amide bonds. The molecule has 0 N–H and O–H groups in total. The zero-order valence-corrected chi connectivity index (χ0v) is 25.0. The maximum Gasteiger partial charge on any atom is 0.410 e. The van der Waals surface area contributed by atoms with Crippen LogP contribution in [0.4, 0.5) is 4.79 Å². The summed E-state index contributed by atoms with van der Waals surface area (Å²) in [4.78, 5) is 18.9. The number of benzene rings is 3. The van der Waals surface area contributed by atoms with E-state index in [1.807, 2.05) is 105 Å². The Kier molecular flexibility index (Phi) is 7.76. The number of nitrogens with zero attached hydrogens (tertiary/aromatic N) is 4. The minimum absolute atomic E-state index is 0.253. The Balaban J connectivity index is 1.26. The number of likely N-dealkylation sites (tertiary alicyclic amines) is 1. The van der Waals surface area contributed by atoms with Gasteiger partial charge in [0.15, 0.2) is 0 Å². The van der Waals surface area contributed by atoms with Crippen LogP contribution >= 0.6 is 0 Å². The topological polar surface area (TPSA) is 78.7 Å². The first-order chi connectivity index (χ1) is 20.7. The van der Waals surface area contributed by atoms with E-state index in [4.69, 9.17) is 24.3 Å². The van der Waals surface area contributed by atoms with Crippen LogP contribution in [0.2, 0.25) is 0 Å². The fraction of sp³-hybridized carbons (Fsp3) is 0.286. The van der Waals surface area contributed by atoms with E-state index >= 15 is 0 Å². The Morgan fingerprint density at radius 1 is 0.860 bits per heavy atom. The third kappa shape index (κ3) is 6.48. The zero-order valence-electron chi connectivity index (χ0n) is 25.0. The molecule has 0 saturated carbocycles. The van der Waals surface area contributed by atoms with E-state index in [0.717, 1.165) is 33.3 Å². The second-order valence-corrected chi connectivity index (χ2v) is 11.9. The molecule has 0 radical (unpaired) electrons. The van der Waals surface area contributed by atoms with Gasteiger partial charge in [0.25, 0.3) is 0 Å². The van der Waals surface area contributed by atoms with Gasteiger partial charge in [-0.2, -0.15) is 10.1 Å². The summed E-state index contributed by atoms with van der Waals surface area (Å²) in [6.45, 7) is 7.70. The standard InChI is InChI=1S/C35H36N4O4/c1-35(2,3)43-34(40)39-20-27(21-39)26-15-16-28-30(19-26)38(4)37-32(28)29-17-18-31(41-22-24-11-7-5-8-12-24)36-33(29)42-23-25-13-9-6-10-14-25/h5-19,27H,20-23H2,1-4H3. The molecule has 5 aromatic rings. The second-order valence-electron chi connectivity index (χ2n) is 11.9. The minimum Gasteiger partial charge on any atom is -0.473 e. The third-order valence-electron chi connectivity index (χ3n) is 7.42. The number of hydrogen-bond acceptors (Lipinski definition) is 6. The van der Waals surface area contributed by atoms with Gasteiger partial charge in [-0.15, -0.1) is 0 Å². The first kappa shape index (κ1) is 28.3. The van der Waals surface area contributed by atoms with Crippen molar-refractivity contribution in [1.82, 2.24) is 19.7 Å². The Morgan fingerprint density at radius 3 is 2.16 bits per heavy atom. The average Bonchev–Trinajstić information content (AvgIpc) is 3.30. The predicted molar refractivity (Wildman–Crippen MR) is 166 cm³/mol. The molecule has 0 bridgehead atoms. The summed E-state index contributed by atoms with van der Waals surface area (Å²) >= 11 is 0. The maximum atomic E-state index is 12.4. The number of rotatable bonds is 8. The maximum absolute atomic E-state index is 12.4. The number of carbonyl (C=O) groups excluding carboxylic acids is 1. The summed E-state index contributed by atoms with van der Waals surface area (Å²) < 4.78 is 19.7. The van der Waals surface area contributed by atoms with Crippen LogP contribution in [0, 0.1) is 0 Å². The lowest BCUT2D eigenvalue weighted by Crippen LogP contribution is -2.50. The second kappa shape index (κ2) is 11.8. The van der Waals surface area contributed by atoms with Crippen LogP contribution in [0.25, 0.3) is 22.2 Å². The smallest absolute Gasteiger partial charge is 0.410 e. The van der Waals surface area contributed by atoms with Gasteiger partial charge in [0.1, 0.15) is 24.5 Å². The van der Waals surface area contributed by atoms with Gasteiger partial charge in [-0.1, -0.05) is 72.8 Å². The van der Waals surface area contributed by atoms with Crippen LogP contribution in [0.3, 0.4) is 0 Å². The van der Waals surface area contributed by atoms with E-state index in [2.05, 4.69) is 18.2 Å². The Hall–Kier alpha value is -4.85. The van der Waals surface area contributed by atoms with E-state index < -0.39 is 5.60 Å². The van der Waals surface area contributed by atoms with E-state index in [1.54, 1.807) is 4.90 Å². The number of pyridine rings is 1. The first-order valence-electron chi connectivity index (χ1n) is 14.5. The van der Waals surface area contributed by atoms with Crippen molar-refractivity contribution in [2.45, 2.75) is 45.5 Å². The van der Waals surface area contributed by atoms with Crippen molar-refractivity contribution >= 4 is 17.0 Å². The molecule has 3 aromatic carbocycles. The van der Waals surface area contributed by atoms with Crippen molar-refractivity contribution < 1.29 is 19.0 Å². The lowest BCUT2D eigenvalue weighted by atomic mass is 9.91. The van der Waals surface area contributed by atoms with Gasteiger partial charge in [-0.3, -0.25) is 4.68 Å². The van der Waals surface area contributed by atoms with Crippen LogP contribution in [0.5, 0.6) is 11.8 Å². The summed E-state index contributed by atoms with van der Waals surface area (Å²) in [5.41, 5.74) is 5.36. The quantitative estimate of drug-likeness (QED) is 0.196. The lowest BCUT2D eigenvalue weighted by molar-refractivity contribution is 0.00820. The van der Waals surface area contributed by atoms with Crippen molar-refractivity contribution in [3.63, 3.8) is 0 Å². The third-order valence-corrected chi connectivity index (χ3v) is 7.42. The Morgan fingerprint density at radius 2 is 1.51 bits per heavy atom. The van der Waals surface area contributed by atoms with E-state index in [-0.39, 0.29) is 12.0 Å². The van der Waals surface area contributed by atoms with Crippen LogP contribution in [-0.4, -0.2) is 44.4 Å². The minimum atomic E-state index is -0.503. The van der Waals surface area contributed by atoms with E-state index in [9.17, 15) is 4.79 Å². The fourth-order valence-corrected chi connectivity index (χ4v) is 5.14. The number of aromatic nitrogens is 3. The number of carbonyl (C=O) groups is 1. The summed E-state index contributed by atoms with van der Waals surface area (Å²) in [6, 6.07) is 30.2.